The number of amides is 3. The molecule has 1 rings (SSSR count). The molecule has 0 saturated carbocycles. The highest BCUT2D eigenvalue weighted by molar-refractivity contribution is 5.93. The Kier molecular flexibility index (Phi) is 9.47. The van der Waals surface area contributed by atoms with E-state index in [2.05, 4.69) is 17.2 Å². The van der Waals surface area contributed by atoms with E-state index in [0.29, 0.717) is 5.56 Å². The number of hydrogen-bond donors (Lipinski definition) is 3. The van der Waals surface area contributed by atoms with E-state index in [1.165, 1.54) is 4.90 Å². The van der Waals surface area contributed by atoms with Gasteiger partial charge in [0.1, 0.15) is 17.7 Å². The van der Waals surface area contributed by atoms with Crippen LogP contribution in [-0.2, 0) is 14.3 Å². The second-order valence-electron chi connectivity index (χ2n) is 11.3. The summed E-state index contributed by atoms with van der Waals surface area (Å²) in [7, 11) is 0. The molecular weight excluding hydrogens is 434 g/mol. The van der Waals surface area contributed by atoms with Crippen molar-refractivity contribution >= 4 is 24.0 Å². The molecule has 0 fully saturated rings. The molecule has 0 aromatic heterocycles. The summed E-state index contributed by atoms with van der Waals surface area (Å²) in [6.45, 7) is 19.2. The summed E-state index contributed by atoms with van der Waals surface area (Å²) in [5.74, 6) is -0.995. The van der Waals surface area contributed by atoms with E-state index in [9.17, 15) is 19.5 Å². The molecule has 2 unspecified atom stereocenters. The second-order valence-corrected chi connectivity index (χ2v) is 11.3. The Morgan fingerprint density at radius 1 is 1.09 bits per heavy atom. The smallest absolute Gasteiger partial charge is 0.408 e. The van der Waals surface area contributed by atoms with Gasteiger partial charge in [-0.1, -0.05) is 30.9 Å². The molecule has 0 radical (unpaired) electrons. The third-order valence-electron chi connectivity index (χ3n) is 4.60. The Hall–Kier alpha value is -2.87. The number of nitrogens with one attached hydrogen (secondary N) is 2. The van der Waals surface area contributed by atoms with Crippen molar-refractivity contribution in [2.24, 2.45) is 0 Å². The zero-order valence-corrected chi connectivity index (χ0v) is 22.0. The predicted octanol–water partition coefficient (Wildman–Crippen LogP) is 3.80. The van der Waals surface area contributed by atoms with E-state index in [4.69, 9.17) is 4.74 Å². The van der Waals surface area contributed by atoms with Gasteiger partial charge in [0.25, 0.3) is 0 Å². The summed E-state index contributed by atoms with van der Waals surface area (Å²) in [6.07, 6.45) is 0.824. The molecule has 0 bridgehead atoms. The van der Waals surface area contributed by atoms with Crippen molar-refractivity contribution in [3.63, 3.8) is 0 Å². The first-order valence-electron chi connectivity index (χ1n) is 11.4. The Morgan fingerprint density at radius 3 is 2.12 bits per heavy atom. The van der Waals surface area contributed by atoms with E-state index >= 15 is 0 Å². The highest BCUT2D eigenvalue weighted by Gasteiger charge is 2.42. The molecule has 8 nitrogen and oxygen atoms in total. The molecular formula is C26H41N3O5. The normalized spacial score (nSPS) is 13.9. The minimum atomic E-state index is -1.30. The number of alkyl carbamates (subject to hydrolysis) is 1. The summed E-state index contributed by atoms with van der Waals surface area (Å²) >= 11 is 0. The third kappa shape index (κ3) is 8.82. The van der Waals surface area contributed by atoms with E-state index in [0.717, 1.165) is 5.56 Å². The molecule has 0 heterocycles. The monoisotopic (exact) mass is 475 g/mol. The predicted molar refractivity (Wildman–Crippen MR) is 134 cm³/mol. The number of rotatable bonds is 7. The van der Waals surface area contributed by atoms with Crippen LogP contribution in [0.4, 0.5) is 4.79 Å². The van der Waals surface area contributed by atoms with Crippen LogP contribution in [0.15, 0.2) is 30.8 Å². The fourth-order valence-electron chi connectivity index (χ4n) is 3.36. The summed E-state index contributed by atoms with van der Waals surface area (Å²) < 4.78 is 5.25. The maximum absolute atomic E-state index is 13.8. The van der Waals surface area contributed by atoms with Crippen LogP contribution in [0.1, 0.15) is 79.5 Å². The maximum atomic E-state index is 13.8. The van der Waals surface area contributed by atoms with Gasteiger partial charge in [0.05, 0.1) is 6.61 Å². The summed E-state index contributed by atoms with van der Waals surface area (Å²) in [5.41, 5.74) is -0.806. The molecule has 0 saturated heterocycles. The fraction of sp³-hybridized carbons (Fsp3) is 0.577. The lowest BCUT2D eigenvalue weighted by molar-refractivity contribution is -0.149. The van der Waals surface area contributed by atoms with E-state index < -0.39 is 47.4 Å². The lowest BCUT2D eigenvalue weighted by Crippen LogP contribution is -2.60. The number of nitrogens with zero attached hydrogens (tertiary/aromatic N) is 1. The molecule has 1 aromatic rings. The van der Waals surface area contributed by atoms with Crippen molar-refractivity contribution in [2.75, 3.05) is 6.61 Å². The SMILES string of the molecule is C=Cc1cccc(C(C(=O)NC(C)(C)C)N(C(=O)C(CO)NC(=O)OC(C)(C)C)C(C)(C)C)c1. The van der Waals surface area contributed by atoms with Crippen molar-refractivity contribution in [3.05, 3.63) is 42.0 Å². The topological polar surface area (TPSA) is 108 Å². The summed E-state index contributed by atoms with van der Waals surface area (Å²) in [4.78, 5) is 41.1. The molecule has 190 valence electrons. The molecule has 0 aliphatic heterocycles. The van der Waals surface area contributed by atoms with Crippen LogP contribution >= 0.6 is 0 Å². The quantitative estimate of drug-likeness (QED) is 0.556. The minimum Gasteiger partial charge on any atom is -0.444 e. The van der Waals surface area contributed by atoms with Crippen molar-refractivity contribution in [1.82, 2.24) is 15.5 Å². The molecule has 0 aliphatic carbocycles. The highest BCUT2D eigenvalue weighted by atomic mass is 16.6. The lowest BCUT2D eigenvalue weighted by atomic mass is 9.93. The van der Waals surface area contributed by atoms with Gasteiger partial charge in [0.15, 0.2) is 0 Å². The molecule has 1 aromatic carbocycles. The number of carbonyl (C=O) groups is 3. The third-order valence-corrected chi connectivity index (χ3v) is 4.60. The zero-order chi connectivity index (χ0) is 26.5. The van der Waals surface area contributed by atoms with Crippen molar-refractivity contribution in [3.8, 4) is 0 Å². The van der Waals surface area contributed by atoms with Gasteiger partial charge in [-0.05, 0) is 79.5 Å². The summed E-state index contributed by atoms with van der Waals surface area (Å²) in [6, 6.07) is 4.86. The average Bonchev–Trinajstić information content (AvgIpc) is 2.65. The molecule has 3 N–H and O–H groups in total. The van der Waals surface area contributed by atoms with Gasteiger partial charge >= 0.3 is 6.09 Å². The van der Waals surface area contributed by atoms with Gasteiger partial charge in [0, 0.05) is 11.1 Å². The first kappa shape index (κ1) is 29.2. The second kappa shape index (κ2) is 11.0. The first-order chi connectivity index (χ1) is 15.4. The van der Waals surface area contributed by atoms with Crippen molar-refractivity contribution in [1.29, 1.82) is 0 Å². The van der Waals surface area contributed by atoms with Crippen LogP contribution in [0.5, 0.6) is 0 Å². The molecule has 34 heavy (non-hydrogen) atoms. The maximum Gasteiger partial charge on any atom is 0.408 e. The van der Waals surface area contributed by atoms with Crippen LogP contribution in [0.25, 0.3) is 6.08 Å². The van der Waals surface area contributed by atoms with Gasteiger partial charge in [-0.2, -0.15) is 0 Å². The highest BCUT2D eigenvalue weighted by Crippen LogP contribution is 2.31. The average molecular weight is 476 g/mol. The minimum absolute atomic E-state index is 0.383. The van der Waals surface area contributed by atoms with Gasteiger partial charge < -0.3 is 25.4 Å². The lowest BCUT2D eigenvalue weighted by Gasteiger charge is -2.43. The van der Waals surface area contributed by atoms with E-state index in [1.54, 1.807) is 65.8 Å². The van der Waals surface area contributed by atoms with Crippen LogP contribution in [0.3, 0.4) is 0 Å². The Balaban J connectivity index is 3.56. The number of ether oxygens (including phenoxy) is 1. The molecule has 0 spiro atoms. The first-order valence-corrected chi connectivity index (χ1v) is 11.4. The van der Waals surface area contributed by atoms with Crippen LogP contribution in [0.2, 0.25) is 0 Å². The Morgan fingerprint density at radius 2 is 1.68 bits per heavy atom. The number of hydrogen-bond acceptors (Lipinski definition) is 5. The molecule has 3 amide bonds. The summed E-state index contributed by atoms with van der Waals surface area (Å²) in [5, 5.41) is 15.4. The largest absolute Gasteiger partial charge is 0.444 e. The molecule has 8 heteroatoms. The standard InChI is InChI=1S/C26H41N3O5/c1-11-17-13-12-14-18(15-17)20(21(31)28-24(2,3)4)29(25(5,6)7)22(32)19(16-30)27-23(33)34-26(8,9)10/h11-15,19-20,30H,1,16H2,2-10H3,(H,27,33)(H,28,31). The van der Waals surface area contributed by atoms with Crippen LogP contribution in [-0.4, -0.2) is 57.2 Å². The van der Waals surface area contributed by atoms with E-state index in [1.807, 2.05) is 26.8 Å². The number of aliphatic hydroxyl groups excluding tert-OH is 1. The van der Waals surface area contributed by atoms with Crippen molar-refractivity contribution < 1.29 is 24.2 Å². The number of benzene rings is 1. The number of carbonyl (C=O) groups excluding carboxylic acids is 3. The Labute approximate surface area is 203 Å². The number of aliphatic hydroxyl groups is 1. The molecule has 2 atom stereocenters. The van der Waals surface area contributed by atoms with Gasteiger partial charge in [-0.25, -0.2) is 4.79 Å². The van der Waals surface area contributed by atoms with Gasteiger partial charge in [0.2, 0.25) is 11.8 Å². The Bertz CT molecular complexity index is 891. The molecule has 0 aliphatic rings. The zero-order valence-electron chi connectivity index (χ0n) is 22.0. The van der Waals surface area contributed by atoms with E-state index in [-0.39, 0.29) is 5.91 Å². The van der Waals surface area contributed by atoms with Gasteiger partial charge in [-0.15, -0.1) is 0 Å². The van der Waals surface area contributed by atoms with Crippen LogP contribution in [0, 0.1) is 0 Å². The van der Waals surface area contributed by atoms with Crippen LogP contribution < -0.4 is 10.6 Å². The fourth-order valence-corrected chi connectivity index (χ4v) is 3.36. The van der Waals surface area contributed by atoms with Gasteiger partial charge in [-0.3, -0.25) is 9.59 Å². The van der Waals surface area contributed by atoms with Crippen molar-refractivity contribution in [2.45, 2.75) is 91.1 Å².